The van der Waals surface area contributed by atoms with Crippen LogP contribution in [0.4, 0.5) is 0 Å². The fourth-order valence-electron chi connectivity index (χ4n) is 2.06. The molecule has 3 aromatic rings. The zero-order valence-corrected chi connectivity index (χ0v) is 9.55. The monoisotopic (exact) mass is 237 g/mol. The van der Waals surface area contributed by atoms with Crippen LogP contribution >= 0.6 is 0 Å². The number of carbonyl (C=O) groups is 1. The van der Waals surface area contributed by atoms with E-state index in [4.69, 9.17) is 5.73 Å². The lowest BCUT2D eigenvalue weighted by atomic mass is 10.1. The maximum absolute atomic E-state index is 11.4. The number of pyridine rings is 1. The van der Waals surface area contributed by atoms with Gasteiger partial charge in [-0.2, -0.15) is 0 Å². The molecule has 0 fully saturated rings. The van der Waals surface area contributed by atoms with E-state index in [0.29, 0.717) is 5.56 Å². The normalized spacial score (nSPS) is 10.7. The highest BCUT2D eigenvalue weighted by molar-refractivity contribution is 6.06. The van der Waals surface area contributed by atoms with Crippen molar-refractivity contribution in [3.8, 4) is 11.3 Å². The number of hydrogen-bond donors (Lipinski definition) is 2. The molecule has 0 aliphatic carbocycles. The van der Waals surface area contributed by atoms with Gasteiger partial charge in [0.2, 0.25) is 5.91 Å². The molecule has 0 radical (unpaired) electrons. The minimum Gasteiger partial charge on any atom is -0.366 e. The first-order valence-electron chi connectivity index (χ1n) is 5.57. The Morgan fingerprint density at radius 2 is 1.94 bits per heavy atom. The molecule has 0 bridgehead atoms. The van der Waals surface area contributed by atoms with Crippen LogP contribution in [0.25, 0.3) is 22.2 Å². The molecule has 0 spiro atoms. The van der Waals surface area contributed by atoms with E-state index >= 15 is 0 Å². The molecule has 0 unspecified atom stereocenters. The number of aromatic nitrogens is 2. The Morgan fingerprint density at radius 1 is 1.17 bits per heavy atom. The van der Waals surface area contributed by atoms with E-state index in [0.717, 1.165) is 22.2 Å². The van der Waals surface area contributed by atoms with Crippen LogP contribution in [0.3, 0.4) is 0 Å². The van der Waals surface area contributed by atoms with Crippen LogP contribution in [0.15, 0.2) is 48.8 Å². The molecule has 2 aromatic heterocycles. The van der Waals surface area contributed by atoms with Gasteiger partial charge in [-0.1, -0.05) is 6.07 Å². The zero-order valence-electron chi connectivity index (χ0n) is 9.55. The molecule has 3 rings (SSSR count). The van der Waals surface area contributed by atoms with Gasteiger partial charge in [-0.05, 0) is 30.3 Å². The lowest BCUT2D eigenvalue weighted by molar-refractivity contribution is 0.100. The van der Waals surface area contributed by atoms with Gasteiger partial charge in [0.05, 0.1) is 0 Å². The Morgan fingerprint density at radius 3 is 2.67 bits per heavy atom. The van der Waals surface area contributed by atoms with E-state index in [9.17, 15) is 4.79 Å². The second-order valence-electron chi connectivity index (χ2n) is 4.05. The van der Waals surface area contributed by atoms with Crippen molar-refractivity contribution in [1.29, 1.82) is 0 Å². The molecule has 18 heavy (non-hydrogen) atoms. The zero-order chi connectivity index (χ0) is 12.5. The first-order chi connectivity index (χ1) is 8.75. The summed E-state index contributed by atoms with van der Waals surface area (Å²) >= 11 is 0. The number of amides is 1. The van der Waals surface area contributed by atoms with Crippen molar-refractivity contribution in [1.82, 2.24) is 9.97 Å². The summed E-state index contributed by atoms with van der Waals surface area (Å²) in [6.45, 7) is 0. The Kier molecular flexibility index (Phi) is 2.34. The average Bonchev–Trinajstić information content (AvgIpc) is 2.83. The van der Waals surface area contributed by atoms with Gasteiger partial charge in [-0.25, -0.2) is 0 Å². The maximum atomic E-state index is 11.4. The molecule has 88 valence electrons. The third-order valence-corrected chi connectivity index (χ3v) is 2.92. The summed E-state index contributed by atoms with van der Waals surface area (Å²) in [4.78, 5) is 18.6. The lowest BCUT2D eigenvalue weighted by Crippen LogP contribution is -2.10. The Bertz CT molecular complexity index is 716. The van der Waals surface area contributed by atoms with Crippen molar-refractivity contribution in [3.05, 3.63) is 54.4 Å². The molecule has 1 aromatic carbocycles. The molecule has 4 nitrogen and oxygen atoms in total. The van der Waals surface area contributed by atoms with E-state index in [1.165, 1.54) is 0 Å². The maximum Gasteiger partial charge on any atom is 0.249 e. The summed E-state index contributed by atoms with van der Waals surface area (Å²) in [5.41, 5.74) is 8.77. The van der Waals surface area contributed by atoms with E-state index in [-0.39, 0.29) is 0 Å². The van der Waals surface area contributed by atoms with Crippen molar-refractivity contribution >= 4 is 16.8 Å². The highest BCUT2D eigenvalue weighted by atomic mass is 16.1. The molecule has 2 heterocycles. The summed E-state index contributed by atoms with van der Waals surface area (Å²) in [5, 5.41) is 0.844. The smallest absolute Gasteiger partial charge is 0.249 e. The number of hydrogen-bond acceptors (Lipinski definition) is 2. The van der Waals surface area contributed by atoms with E-state index < -0.39 is 5.91 Å². The first-order valence-corrected chi connectivity index (χ1v) is 5.57. The van der Waals surface area contributed by atoms with Crippen LogP contribution < -0.4 is 5.73 Å². The summed E-state index contributed by atoms with van der Waals surface area (Å²) in [5.74, 6) is -0.416. The van der Waals surface area contributed by atoms with Crippen molar-refractivity contribution < 1.29 is 4.79 Å². The molecule has 0 aliphatic rings. The van der Waals surface area contributed by atoms with Gasteiger partial charge in [0.15, 0.2) is 0 Å². The van der Waals surface area contributed by atoms with Gasteiger partial charge < -0.3 is 10.7 Å². The van der Waals surface area contributed by atoms with Crippen LogP contribution in [0.2, 0.25) is 0 Å². The number of nitrogens with zero attached hydrogens (tertiary/aromatic N) is 1. The van der Waals surface area contributed by atoms with E-state index in [2.05, 4.69) is 9.97 Å². The molecular weight excluding hydrogens is 226 g/mol. The number of benzene rings is 1. The standard InChI is InChI=1S/C14H11N3O/c15-14(18)10-2-1-3-12-11(10)8-13(17-12)9-4-6-16-7-5-9/h1-8,17H,(H2,15,18). The fourth-order valence-corrected chi connectivity index (χ4v) is 2.06. The summed E-state index contributed by atoms with van der Waals surface area (Å²) < 4.78 is 0. The third-order valence-electron chi connectivity index (χ3n) is 2.92. The van der Waals surface area contributed by atoms with Crippen LogP contribution in [0.5, 0.6) is 0 Å². The van der Waals surface area contributed by atoms with Crippen LogP contribution in [-0.2, 0) is 0 Å². The second-order valence-corrected chi connectivity index (χ2v) is 4.05. The van der Waals surface area contributed by atoms with Gasteiger partial charge in [-0.3, -0.25) is 9.78 Å². The largest absolute Gasteiger partial charge is 0.366 e. The molecule has 0 atom stereocenters. The number of primary amides is 1. The van der Waals surface area contributed by atoms with Gasteiger partial charge in [0.1, 0.15) is 0 Å². The van der Waals surface area contributed by atoms with Gasteiger partial charge in [-0.15, -0.1) is 0 Å². The quantitative estimate of drug-likeness (QED) is 0.718. The van der Waals surface area contributed by atoms with Crippen molar-refractivity contribution in [3.63, 3.8) is 0 Å². The summed E-state index contributed by atoms with van der Waals surface area (Å²) in [7, 11) is 0. The Balaban J connectivity index is 2.23. The summed E-state index contributed by atoms with van der Waals surface area (Å²) in [6, 6.07) is 11.2. The topological polar surface area (TPSA) is 71.8 Å². The molecule has 0 saturated heterocycles. The number of H-pyrrole nitrogens is 1. The SMILES string of the molecule is NC(=O)c1cccc2[nH]c(-c3ccncc3)cc12. The molecule has 1 amide bonds. The van der Waals surface area contributed by atoms with Gasteiger partial charge in [0.25, 0.3) is 0 Å². The van der Waals surface area contributed by atoms with E-state index in [1.54, 1.807) is 18.5 Å². The Labute approximate surface area is 103 Å². The summed E-state index contributed by atoms with van der Waals surface area (Å²) in [6.07, 6.45) is 3.46. The predicted molar refractivity (Wildman–Crippen MR) is 70.0 cm³/mol. The van der Waals surface area contributed by atoms with Gasteiger partial charge in [0, 0.05) is 40.1 Å². The van der Waals surface area contributed by atoms with Crippen LogP contribution in [0, 0.1) is 0 Å². The molecule has 0 saturated carbocycles. The number of nitrogens with one attached hydrogen (secondary N) is 1. The van der Waals surface area contributed by atoms with Gasteiger partial charge >= 0.3 is 0 Å². The lowest BCUT2D eigenvalue weighted by Gasteiger charge is -1.95. The predicted octanol–water partition coefficient (Wildman–Crippen LogP) is 2.33. The number of rotatable bonds is 2. The second kappa shape index (κ2) is 4.00. The van der Waals surface area contributed by atoms with Crippen LogP contribution in [0.1, 0.15) is 10.4 Å². The third kappa shape index (κ3) is 1.64. The number of fused-ring (bicyclic) bond motifs is 1. The van der Waals surface area contributed by atoms with Crippen LogP contribution in [-0.4, -0.2) is 15.9 Å². The fraction of sp³-hybridized carbons (Fsp3) is 0. The van der Waals surface area contributed by atoms with Crippen molar-refractivity contribution in [2.75, 3.05) is 0 Å². The minimum absolute atomic E-state index is 0.416. The average molecular weight is 237 g/mol. The number of nitrogens with two attached hydrogens (primary N) is 1. The highest BCUT2D eigenvalue weighted by Crippen LogP contribution is 2.25. The molecule has 0 aliphatic heterocycles. The molecule has 3 N–H and O–H groups in total. The number of carbonyl (C=O) groups excluding carboxylic acids is 1. The van der Waals surface area contributed by atoms with E-state index in [1.807, 2.05) is 30.3 Å². The number of aromatic amines is 1. The first kappa shape index (κ1) is 10.5. The van der Waals surface area contributed by atoms with Crippen molar-refractivity contribution in [2.24, 2.45) is 5.73 Å². The molecular formula is C14H11N3O. The van der Waals surface area contributed by atoms with Crippen molar-refractivity contribution in [2.45, 2.75) is 0 Å². The highest BCUT2D eigenvalue weighted by Gasteiger charge is 2.09. The Hall–Kier alpha value is -2.62. The minimum atomic E-state index is -0.416. The molecule has 4 heteroatoms.